The Morgan fingerprint density at radius 1 is 0.857 bits per heavy atom. The number of carbonyl (C=O) groups excluding carboxylic acids is 2. The van der Waals surface area contributed by atoms with E-state index in [1.807, 2.05) is 18.2 Å². The Balaban J connectivity index is 1.61. The van der Waals surface area contributed by atoms with Gasteiger partial charge in [0.05, 0.1) is 7.11 Å². The molecule has 3 aliphatic rings. The average Bonchev–Trinajstić information content (AvgIpc) is 2.91. The SMILES string of the molecule is COCCCN1C2=C(C(=O)CC(C)(C)C2)C(c2ccc(OCc3cccc(F)c3)c(OC)c2)C2=C1CC(C)(C)CC2=O. The lowest BCUT2D eigenvalue weighted by Crippen LogP contribution is -2.44. The molecule has 5 rings (SSSR count). The third-order valence-corrected chi connectivity index (χ3v) is 8.56. The Morgan fingerprint density at radius 3 is 2.07 bits per heavy atom. The monoisotopic (exact) mass is 575 g/mol. The van der Waals surface area contributed by atoms with Gasteiger partial charge in [-0.2, -0.15) is 0 Å². The van der Waals surface area contributed by atoms with E-state index in [2.05, 4.69) is 32.6 Å². The zero-order valence-corrected chi connectivity index (χ0v) is 25.6. The van der Waals surface area contributed by atoms with Crippen LogP contribution in [-0.2, 0) is 20.9 Å². The number of rotatable bonds is 9. The third-order valence-electron chi connectivity index (χ3n) is 8.56. The molecule has 0 fully saturated rings. The summed E-state index contributed by atoms with van der Waals surface area (Å²) in [4.78, 5) is 30.3. The number of nitrogens with zero attached hydrogens (tertiary/aromatic N) is 1. The maximum Gasteiger partial charge on any atom is 0.162 e. The van der Waals surface area contributed by atoms with Crippen LogP contribution in [0.4, 0.5) is 4.39 Å². The van der Waals surface area contributed by atoms with E-state index in [-0.39, 0.29) is 34.8 Å². The summed E-state index contributed by atoms with van der Waals surface area (Å²) < 4.78 is 30.8. The minimum atomic E-state index is -0.466. The highest BCUT2D eigenvalue weighted by atomic mass is 19.1. The van der Waals surface area contributed by atoms with Gasteiger partial charge in [0.15, 0.2) is 23.1 Å². The van der Waals surface area contributed by atoms with Crippen molar-refractivity contribution in [2.45, 2.75) is 72.3 Å². The van der Waals surface area contributed by atoms with Crippen molar-refractivity contribution in [2.75, 3.05) is 27.4 Å². The lowest BCUT2D eigenvalue weighted by atomic mass is 9.63. The summed E-state index contributed by atoms with van der Waals surface area (Å²) in [7, 11) is 3.27. The minimum Gasteiger partial charge on any atom is -0.493 e. The first-order valence-electron chi connectivity index (χ1n) is 14.8. The molecule has 0 unspecified atom stereocenters. The summed E-state index contributed by atoms with van der Waals surface area (Å²) >= 11 is 0. The first-order valence-corrected chi connectivity index (χ1v) is 14.8. The number of hydrogen-bond donors (Lipinski definition) is 0. The largest absolute Gasteiger partial charge is 0.493 e. The van der Waals surface area contributed by atoms with E-state index in [0.29, 0.717) is 43.1 Å². The number of ketones is 2. The van der Waals surface area contributed by atoms with E-state index in [1.54, 1.807) is 26.4 Å². The number of allylic oxidation sites excluding steroid dienone is 4. The average molecular weight is 576 g/mol. The van der Waals surface area contributed by atoms with Gasteiger partial charge in [0.2, 0.25) is 0 Å². The summed E-state index contributed by atoms with van der Waals surface area (Å²) in [5.74, 6) is 0.420. The Kier molecular flexibility index (Phi) is 8.35. The zero-order chi connectivity index (χ0) is 30.2. The molecule has 0 aromatic heterocycles. The number of methoxy groups -OCH3 is 2. The van der Waals surface area contributed by atoms with Crippen LogP contribution in [0, 0.1) is 16.6 Å². The van der Waals surface area contributed by atoms with Crippen molar-refractivity contribution in [1.82, 2.24) is 4.90 Å². The first-order chi connectivity index (χ1) is 19.9. The van der Waals surface area contributed by atoms with Gasteiger partial charge in [-0.25, -0.2) is 4.39 Å². The highest BCUT2D eigenvalue weighted by molar-refractivity contribution is 6.06. The van der Waals surface area contributed by atoms with Crippen LogP contribution in [0.25, 0.3) is 0 Å². The molecule has 0 saturated carbocycles. The van der Waals surface area contributed by atoms with Crippen molar-refractivity contribution in [3.63, 3.8) is 0 Å². The molecule has 1 heterocycles. The Morgan fingerprint density at radius 2 is 1.50 bits per heavy atom. The van der Waals surface area contributed by atoms with Gasteiger partial charge in [-0.3, -0.25) is 9.59 Å². The Hall–Kier alpha value is -3.45. The molecule has 0 saturated heterocycles. The van der Waals surface area contributed by atoms with Crippen molar-refractivity contribution in [3.8, 4) is 11.5 Å². The van der Waals surface area contributed by atoms with Crippen molar-refractivity contribution < 1.29 is 28.2 Å². The van der Waals surface area contributed by atoms with E-state index >= 15 is 0 Å². The molecule has 0 N–H and O–H groups in total. The predicted octanol–water partition coefficient (Wildman–Crippen LogP) is 7.14. The van der Waals surface area contributed by atoms with Crippen molar-refractivity contribution in [3.05, 3.63) is 81.9 Å². The fourth-order valence-corrected chi connectivity index (χ4v) is 6.79. The van der Waals surface area contributed by atoms with Crippen LogP contribution in [0.1, 0.15) is 76.8 Å². The van der Waals surface area contributed by atoms with Crippen LogP contribution in [-0.4, -0.2) is 43.8 Å². The molecule has 7 heteroatoms. The molecule has 2 aromatic rings. The second-order valence-electron chi connectivity index (χ2n) is 13.4. The summed E-state index contributed by atoms with van der Waals surface area (Å²) in [6.07, 6.45) is 3.18. The quantitative estimate of drug-likeness (QED) is 0.296. The molecular formula is C35H42FNO5. The van der Waals surface area contributed by atoms with Crippen LogP contribution < -0.4 is 9.47 Å². The molecular weight excluding hydrogens is 533 g/mol. The summed E-state index contributed by atoms with van der Waals surface area (Å²) in [5, 5.41) is 0. The Bertz CT molecular complexity index is 1400. The van der Waals surface area contributed by atoms with Gasteiger partial charge in [-0.05, 0) is 65.5 Å². The van der Waals surface area contributed by atoms with E-state index in [4.69, 9.17) is 14.2 Å². The second-order valence-corrected chi connectivity index (χ2v) is 13.4. The van der Waals surface area contributed by atoms with Crippen molar-refractivity contribution in [1.29, 1.82) is 0 Å². The van der Waals surface area contributed by atoms with E-state index in [0.717, 1.165) is 47.4 Å². The van der Waals surface area contributed by atoms with Crippen LogP contribution in [0.5, 0.6) is 11.5 Å². The van der Waals surface area contributed by atoms with E-state index in [9.17, 15) is 14.0 Å². The number of hydrogen-bond acceptors (Lipinski definition) is 6. The fourth-order valence-electron chi connectivity index (χ4n) is 6.79. The molecule has 2 aliphatic carbocycles. The summed E-state index contributed by atoms with van der Waals surface area (Å²) in [6.45, 7) is 10.1. The van der Waals surface area contributed by atoms with Crippen LogP contribution >= 0.6 is 0 Å². The van der Waals surface area contributed by atoms with Crippen molar-refractivity contribution >= 4 is 11.6 Å². The second kappa shape index (κ2) is 11.7. The first kappa shape index (κ1) is 30.0. The van der Waals surface area contributed by atoms with E-state index in [1.165, 1.54) is 12.1 Å². The molecule has 42 heavy (non-hydrogen) atoms. The van der Waals surface area contributed by atoms with Crippen LogP contribution in [0.2, 0.25) is 0 Å². The highest BCUT2D eigenvalue weighted by Crippen LogP contribution is 2.55. The molecule has 1 aliphatic heterocycles. The number of benzene rings is 2. The van der Waals surface area contributed by atoms with Crippen LogP contribution in [0.3, 0.4) is 0 Å². The molecule has 0 bridgehead atoms. The molecule has 0 amide bonds. The lowest BCUT2D eigenvalue weighted by molar-refractivity contribution is -0.119. The topological polar surface area (TPSA) is 65.1 Å². The molecule has 0 atom stereocenters. The standard InChI is InChI=1S/C35H42FNO5/c1-34(2)17-25-32(27(38)19-34)31(33-26(37(25)13-8-14-40-5)18-35(3,4)20-28(33)39)23-11-12-29(30(16-23)41-6)42-21-22-9-7-10-24(36)15-22/h7,9-12,15-16,31H,8,13-14,17-21H2,1-6H3. The van der Waals surface area contributed by atoms with Gasteiger partial charge >= 0.3 is 0 Å². The Labute approximate surface area is 248 Å². The molecule has 6 nitrogen and oxygen atoms in total. The van der Waals surface area contributed by atoms with Gasteiger partial charge < -0.3 is 19.1 Å². The molecule has 0 spiro atoms. The van der Waals surface area contributed by atoms with Gasteiger partial charge in [0, 0.05) is 61.6 Å². The van der Waals surface area contributed by atoms with Gasteiger partial charge in [0.25, 0.3) is 0 Å². The normalized spacial score (nSPS) is 20.0. The van der Waals surface area contributed by atoms with Crippen molar-refractivity contribution in [2.24, 2.45) is 10.8 Å². The maximum atomic E-state index is 14.0. The predicted molar refractivity (Wildman–Crippen MR) is 160 cm³/mol. The summed E-state index contributed by atoms with van der Waals surface area (Å²) in [5.41, 5.74) is 4.71. The fraction of sp³-hybridized carbons (Fsp3) is 0.486. The third kappa shape index (κ3) is 6.03. The van der Waals surface area contributed by atoms with Gasteiger partial charge in [0.1, 0.15) is 12.4 Å². The van der Waals surface area contributed by atoms with Gasteiger partial charge in [-0.15, -0.1) is 0 Å². The van der Waals surface area contributed by atoms with Crippen LogP contribution in [0.15, 0.2) is 65.0 Å². The van der Waals surface area contributed by atoms with Gasteiger partial charge in [-0.1, -0.05) is 45.9 Å². The number of ether oxygens (including phenoxy) is 3. The number of carbonyl (C=O) groups is 2. The number of Topliss-reactive ketones (excluding diaryl/α,β-unsaturated/α-hetero) is 2. The van der Waals surface area contributed by atoms with E-state index < -0.39 is 5.92 Å². The number of halogens is 1. The highest BCUT2D eigenvalue weighted by Gasteiger charge is 2.49. The zero-order valence-electron chi connectivity index (χ0n) is 25.6. The molecule has 224 valence electrons. The summed E-state index contributed by atoms with van der Waals surface area (Å²) in [6, 6.07) is 11.9. The smallest absolute Gasteiger partial charge is 0.162 e. The minimum absolute atomic E-state index is 0.0950. The maximum absolute atomic E-state index is 14.0. The molecule has 0 radical (unpaired) electrons. The lowest BCUT2D eigenvalue weighted by Gasteiger charge is -2.49. The molecule has 2 aromatic carbocycles.